The number of hydrogen-bond donors (Lipinski definition) is 0. The summed E-state index contributed by atoms with van der Waals surface area (Å²) in [4.78, 5) is 12.1. The van der Waals surface area contributed by atoms with Gasteiger partial charge in [-0.05, 0) is 36.2 Å². The van der Waals surface area contributed by atoms with Crippen molar-refractivity contribution >= 4 is 11.0 Å². The van der Waals surface area contributed by atoms with Crippen molar-refractivity contribution < 1.29 is 13.5 Å². The first-order chi connectivity index (χ1) is 13.1. The summed E-state index contributed by atoms with van der Waals surface area (Å²) in [5.74, 6) is 0.236. The Labute approximate surface area is 155 Å². The maximum Gasteiger partial charge on any atom is 0.336 e. The van der Waals surface area contributed by atoms with Crippen molar-refractivity contribution in [3.63, 3.8) is 0 Å². The van der Waals surface area contributed by atoms with Gasteiger partial charge < -0.3 is 9.15 Å². The monoisotopic (exact) mass is 360 g/mol. The zero-order valence-corrected chi connectivity index (χ0v) is 14.7. The molecule has 1 aromatic heterocycles. The van der Waals surface area contributed by atoms with Crippen LogP contribution in [0.3, 0.4) is 0 Å². The van der Waals surface area contributed by atoms with E-state index in [1.165, 1.54) is 12.1 Å². The Morgan fingerprint density at radius 2 is 1.70 bits per heavy atom. The fourth-order valence-electron chi connectivity index (χ4n) is 3.12. The highest BCUT2D eigenvalue weighted by Gasteiger charge is 2.14. The van der Waals surface area contributed by atoms with Gasteiger partial charge in [0.2, 0.25) is 0 Å². The van der Waals surface area contributed by atoms with Gasteiger partial charge in [-0.2, -0.15) is 0 Å². The highest BCUT2D eigenvalue weighted by atomic mass is 19.1. The first-order valence-corrected chi connectivity index (χ1v) is 8.62. The van der Waals surface area contributed by atoms with Crippen LogP contribution >= 0.6 is 0 Å². The largest absolute Gasteiger partial charge is 0.488 e. The molecule has 134 valence electrons. The third-order valence-corrected chi connectivity index (χ3v) is 4.38. The Kier molecular flexibility index (Phi) is 4.47. The number of aryl methyl sites for hydroxylation is 1. The Morgan fingerprint density at radius 1 is 0.963 bits per heavy atom. The van der Waals surface area contributed by atoms with Crippen molar-refractivity contribution in [3.8, 4) is 16.9 Å². The number of ether oxygens (including phenoxy) is 1. The molecule has 0 aliphatic carbocycles. The van der Waals surface area contributed by atoms with Crippen molar-refractivity contribution in [1.29, 1.82) is 0 Å². The molecule has 0 unspecified atom stereocenters. The minimum absolute atomic E-state index is 0.0819. The molecule has 27 heavy (non-hydrogen) atoms. The van der Waals surface area contributed by atoms with Crippen LogP contribution in [0, 0.1) is 12.7 Å². The summed E-state index contributed by atoms with van der Waals surface area (Å²) < 4.78 is 25.3. The summed E-state index contributed by atoms with van der Waals surface area (Å²) in [5.41, 5.74) is 2.99. The molecular formula is C23H17FO3. The van der Waals surface area contributed by atoms with Crippen molar-refractivity contribution in [3.05, 3.63) is 100 Å². The first-order valence-electron chi connectivity index (χ1n) is 8.62. The van der Waals surface area contributed by atoms with Crippen LogP contribution in [0.15, 0.2) is 82.0 Å². The summed E-state index contributed by atoms with van der Waals surface area (Å²) in [5, 5.41) is 0.697. The second-order valence-corrected chi connectivity index (χ2v) is 6.36. The summed E-state index contributed by atoms with van der Waals surface area (Å²) in [6, 6.07) is 21.2. The van der Waals surface area contributed by atoms with E-state index in [0.29, 0.717) is 22.3 Å². The lowest BCUT2D eigenvalue weighted by Crippen LogP contribution is -2.02. The topological polar surface area (TPSA) is 39.4 Å². The normalized spacial score (nSPS) is 10.9. The smallest absolute Gasteiger partial charge is 0.336 e. The highest BCUT2D eigenvalue weighted by Crippen LogP contribution is 2.35. The molecule has 0 atom stereocenters. The zero-order chi connectivity index (χ0) is 18.8. The van der Waals surface area contributed by atoms with Crippen LogP contribution in [0.5, 0.6) is 5.75 Å². The van der Waals surface area contributed by atoms with Crippen LogP contribution in [-0.2, 0) is 6.61 Å². The molecule has 0 bridgehead atoms. The zero-order valence-electron chi connectivity index (χ0n) is 14.7. The van der Waals surface area contributed by atoms with Gasteiger partial charge in [-0.25, -0.2) is 9.18 Å². The lowest BCUT2D eigenvalue weighted by atomic mass is 10.0. The van der Waals surface area contributed by atoms with Gasteiger partial charge in [-0.15, -0.1) is 0 Å². The van der Waals surface area contributed by atoms with E-state index in [0.717, 1.165) is 16.7 Å². The molecule has 0 fully saturated rings. The third kappa shape index (κ3) is 3.47. The Bertz CT molecular complexity index is 1160. The number of rotatable bonds is 4. The van der Waals surface area contributed by atoms with Crippen molar-refractivity contribution in [2.45, 2.75) is 13.5 Å². The van der Waals surface area contributed by atoms with Gasteiger partial charge in [0.25, 0.3) is 0 Å². The molecule has 3 aromatic carbocycles. The maximum atomic E-state index is 13.9. The molecule has 3 nitrogen and oxygen atoms in total. The van der Waals surface area contributed by atoms with Crippen LogP contribution in [0.25, 0.3) is 22.1 Å². The van der Waals surface area contributed by atoms with E-state index < -0.39 is 5.63 Å². The molecule has 0 N–H and O–H groups in total. The molecule has 4 aromatic rings. The Morgan fingerprint density at radius 3 is 2.48 bits per heavy atom. The van der Waals surface area contributed by atoms with Gasteiger partial charge in [0.05, 0.1) is 5.39 Å². The van der Waals surface area contributed by atoms with E-state index in [9.17, 15) is 9.18 Å². The molecule has 0 spiro atoms. The summed E-state index contributed by atoms with van der Waals surface area (Å²) in [6.45, 7) is 1.98. The molecule has 0 radical (unpaired) electrons. The van der Waals surface area contributed by atoms with Crippen LogP contribution < -0.4 is 10.4 Å². The van der Waals surface area contributed by atoms with Crippen LogP contribution in [0.2, 0.25) is 0 Å². The molecular weight excluding hydrogens is 343 g/mol. The SMILES string of the molecule is Cc1cc(OCc2ccccc2F)c2c(-c3ccccc3)cc(=O)oc2c1. The van der Waals surface area contributed by atoms with Gasteiger partial charge in [0.1, 0.15) is 23.8 Å². The van der Waals surface area contributed by atoms with Gasteiger partial charge >= 0.3 is 5.63 Å². The first kappa shape index (κ1) is 17.0. The quantitative estimate of drug-likeness (QED) is 0.452. The number of fused-ring (bicyclic) bond motifs is 1. The number of halogens is 1. The summed E-state index contributed by atoms with van der Waals surface area (Å²) in [6.07, 6.45) is 0. The molecule has 0 saturated heterocycles. The van der Waals surface area contributed by atoms with Crippen molar-refractivity contribution in [2.75, 3.05) is 0 Å². The molecule has 4 heteroatoms. The molecule has 1 heterocycles. The Balaban J connectivity index is 1.87. The van der Waals surface area contributed by atoms with E-state index in [1.807, 2.05) is 43.3 Å². The van der Waals surface area contributed by atoms with E-state index in [4.69, 9.17) is 9.15 Å². The number of benzene rings is 3. The van der Waals surface area contributed by atoms with Crippen LogP contribution in [-0.4, -0.2) is 0 Å². The summed E-state index contributed by atoms with van der Waals surface area (Å²) >= 11 is 0. The second kappa shape index (κ2) is 7.08. The second-order valence-electron chi connectivity index (χ2n) is 6.36. The molecule has 4 rings (SSSR count). The molecule has 0 amide bonds. The van der Waals surface area contributed by atoms with Gasteiger partial charge in [0.15, 0.2) is 0 Å². The van der Waals surface area contributed by atoms with E-state index >= 15 is 0 Å². The number of hydrogen-bond acceptors (Lipinski definition) is 3. The molecule has 0 aliphatic heterocycles. The lowest BCUT2D eigenvalue weighted by Gasteiger charge is -2.14. The van der Waals surface area contributed by atoms with Gasteiger partial charge in [-0.3, -0.25) is 0 Å². The van der Waals surface area contributed by atoms with Gasteiger partial charge in [0, 0.05) is 17.2 Å². The fraction of sp³-hybridized carbons (Fsp3) is 0.0870. The third-order valence-electron chi connectivity index (χ3n) is 4.38. The van der Waals surface area contributed by atoms with Gasteiger partial charge in [-0.1, -0.05) is 48.5 Å². The minimum atomic E-state index is -0.424. The predicted molar refractivity (Wildman–Crippen MR) is 103 cm³/mol. The van der Waals surface area contributed by atoms with Crippen molar-refractivity contribution in [2.24, 2.45) is 0 Å². The maximum absolute atomic E-state index is 13.9. The predicted octanol–water partition coefficient (Wildman–Crippen LogP) is 5.49. The average Bonchev–Trinajstić information content (AvgIpc) is 2.66. The van der Waals surface area contributed by atoms with Crippen molar-refractivity contribution in [1.82, 2.24) is 0 Å². The lowest BCUT2D eigenvalue weighted by molar-refractivity contribution is 0.303. The average molecular weight is 360 g/mol. The molecule has 0 saturated carbocycles. The highest BCUT2D eigenvalue weighted by molar-refractivity contribution is 5.98. The van der Waals surface area contributed by atoms with E-state index in [1.54, 1.807) is 24.3 Å². The molecule has 0 aliphatic rings. The summed E-state index contributed by atoms with van der Waals surface area (Å²) in [7, 11) is 0. The van der Waals surface area contributed by atoms with E-state index in [2.05, 4.69) is 0 Å². The van der Waals surface area contributed by atoms with E-state index in [-0.39, 0.29) is 12.4 Å². The Hall–Kier alpha value is -3.40. The van der Waals surface area contributed by atoms with Crippen LogP contribution in [0.4, 0.5) is 4.39 Å². The van der Waals surface area contributed by atoms with Crippen LogP contribution in [0.1, 0.15) is 11.1 Å². The minimum Gasteiger partial charge on any atom is -0.488 e. The fourth-order valence-corrected chi connectivity index (χ4v) is 3.12. The standard InChI is InChI=1S/C23H17FO3/c1-15-11-20(26-14-17-9-5-6-10-19(17)24)23-18(16-7-3-2-4-8-16)13-22(25)27-21(23)12-15/h2-13H,14H2,1H3.